The Morgan fingerprint density at radius 1 is 1.18 bits per heavy atom. The van der Waals surface area contributed by atoms with Crippen molar-refractivity contribution in [3.8, 4) is 5.69 Å². The van der Waals surface area contributed by atoms with Crippen LogP contribution in [0, 0.1) is 17.8 Å². The predicted molar refractivity (Wildman–Crippen MR) is 100.0 cm³/mol. The van der Waals surface area contributed by atoms with Gasteiger partial charge in [0.25, 0.3) is 0 Å². The Kier molecular flexibility index (Phi) is 5.72. The third kappa shape index (κ3) is 3.89. The number of hydrogen-bond donors (Lipinski definition) is 2. The Bertz CT molecular complexity index is 834. The molecular weight excluding hydrogens is 393 g/mol. The van der Waals surface area contributed by atoms with Gasteiger partial charge in [-0.1, -0.05) is 12.1 Å². The van der Waals surface area contributed by atoms with Crippen LogP contribution in [0.4, 0.5) is 13.2 Å². The summed E-state index contributed by atoms with van der Waals surface area (Å²) in [4.78, 5) is 12.5. The lowest BCUT2D eigenvalue weighted by Crippen LogP contribution is -2.45. The van der Waals surface area contributed by atoms with E-state index in [0.717, 1.165) is 30.9 Å². The molecule has 0 saturated heterocycles. The smallest absolute Gasteiger partial charge is 0.352 e. The van der Waals surface area contributed by atoms with E-state index in [9.17, 15) is 18.0 Å². The summed E-state index contributed by atoms with van der Waals surface area (Å²) in [5, 5.41) is 6.50. The van der Waals surface area contributed by atoms with Gasteiger partial charge in [-0.3, -0.25) is 4.79 Å². The fraction of sp³-hybridized carbons (Fsp3) is 0.474. The molecule has 2 fully saturated rings. The molecule has 0 radical (unpaired) electrons. The Morgan fingerprint density at radius 3 is 2.43 bits per heavy atom. The number of aromatic nitrogens is 2. The molecule has 9 heteroatoms. The van der Waals surface area contributed by atoms with E-state index in [1.54, 1.807) is 24.3 Å². The molecule has 2 aliphatic rings. The summed E-state index contributed by atoms with van der Waals surface area (Å²) >= 11 is 0. The van der Waals surface area contributed by atoms with Crippen molar-refractivity contribution < 1.29 is 18.0 Å². The minimum absolute atomic E-state index is 0. The molecule has 0 spiro atoms. The Morgan fingerprint density at radius 2 is 1.86 bits per heavy atom. The van der Waals surface area contributed by atoms with Crippen LogP contribution >= 0.6 is 12.4 Å². The predicted octanol–water partition coefficient (Wildman–Crippen LogP) is 3.30. The zero-order chi connectivity index (χ0) is 19.2. The van der Waals surface area contributed by atoms with E-state index >= 15 is 0 Å². The molecule has 4 unspecified atom stereocenters. The number of hydrogen-bond acceptors (Lipinski definition) is 3. The van der Waals surface area contributed by atoms with Gasteiger partial charge in [0.1, 0.15) is 0 Å². The van der Waals surface area contributed by atoms with Gasteiger partial charge < -0.3 is 11.1 Å². The Labute approximate surface area is 166 Å². The molecule has 1 heterocycles. The Hall–Kier alpha value is -2.06. The van der Waals surface area contributed by atoms with Crippen LogP contribution in [-0.4, -0.2) is 21.7 Å². The molecule has 3 N–H and O–H groups in total. The summed E-state index contributed by atoms with van der Waals surface area (Å²) in [6.07, 6.45) is 0.0688. The van der Waals surface area contributed by atoms with E-state index in [1.807, 2.05) is 0 Å². The maximum atomic E-state index is 12.6. The quantitative estimate of drug-likeness (QED) is 0.806. The van der Waals surface area contributed by atoms with Crippen LogP contribution in [0.15, 0.2) is 36.5 Å². The van der Waals surface area contributed by atoms with Gasteiger partial charge in [0.15, 0.2) is 5.69 Å². The first-order valence-electron chi connectivity index (χ1n) is 9.08. The summed E-state index contributed by atoms with van der Waals surface area (Å²) in [6.45, 7) is 0.368. The molecule has 2 bridgehead atoms. The van der Waals surface area contributed by atoms with Gasteiger partial charge >= 0.3 is 6.18 Å². The molecule has 28 heavy (non-hydrogen) atoms. The normalized spacial score (nSPS) is 26.1. The van der Waals surface area contributed by atoms with Gasteiger partial charge in [-0.05, 0) is 54.9 Å². The first-order valence-corrected chi connectivity index (χ1v) is 9.08. The topological polar surface area (TPSA) is 72.9 Å². The number of carbonyl (C=O) groups is 1. The summed E-state index contributed by atoms with van der Waals surface area (Å²) in [6, 6.07) is 7.78. The van der Waals surface area contributed by atoms with Crippen LogP contribution in [-0.2, 0) is 17.5 Å². The number of nitrogens with two attached hydrogens (primary N) is 1. The molecule has 1 aromatic carbocycles. The summed E-state index contributed by atoms with van der Waals surface area (Å²) < 4.78 is 39.1. The van der Waals surface area contributed by atoms with Gasteiger partial charge in [0.2, 0.25) is 5.91 Å². The van der Waals surface area contributed by atoms with Crippen molar-refractivity contribution in [1.82, 2.24) is 15.1 Å². The van der Waals surface area contributed by atoms with Crippen molar-refractivity contribution in [2.24, 2.45) is 23.5 Å². The number of alkyl halides is 3. The molecule has 152 valence electrons. The van der Waals surface area contributed by atoms with Crippen LogP contribution in [0.2, 0.25) is 0 Å². The highest BCUT2D eigenvalue weighted by Crippen LogP contribution is 2.47. The average molecular weight is 415 g/mol. The molecular formula is C19H22ClF3N4O. The van der Waals surface area contributed by atoms with Crippen LogP contribution in [0.25, 0.3) is 5.69 Å². The fourth-order valence-electron chi connectivity index (χ4n) is 4.42. The molecule has 0 aliphatic heterocycles. The highest BCUT2D eigenvalue weighted by atomic mass is 35.5. The van der Waals surface area contributed by atoms with Gasteiger partial charge in [0, 0.05) is 18.8 Å². The molecule has 2 aliphatic carbocycles. The number of halogens is 4. The van der Waals surface area contributed by atoms with Gasteiger partial charge in [-0.25, -0.2) is 4.68 Å². The monoisotopic (exact) mass is 414 g/mol. The summed E-state index contributed by atoms with van der Waals surface area (Å²) in [7, 11) is 0. The number of nitrogens with one attached hydrogen (secondary N) is 1. The second kappa shape index (κ2) is 7.75. The van der Waals surface area contributed by atoms with E-state index in [2.05, 4.69) is 10.4 Å². The van der Waals surface area contributed by atoms with Crippen molar-refractivity contribution in [2.75, 3.05) is 0 Å². The lowest BCUT2D eigenvalue weighted by Gasteiger charge is -2.27. The average Bonchev–Trinajstić information content (AvgIpc) is 3.35. The number of benzene rings is 1. The van der Waals surface area contributed by atoms with E-state index < -0.39 is 11.9 Å². The number of fused-ring (bicyclic) bond motifs is 2. The van der Waals surface area contributed by atoms with E-state index in [1.165, 1.54) is 10.9 Å². The van der Waals surface area contributed by atoms with Gasteiger partial charge in [0.05, 0.1) is 11.6 Å². The standard InChI is InChI=1S/C19H21F3N4O.ClH/c20-19(21,22)15-7-8-26(25-15)14-5-1-11(2-6-14)10-24-18(27)16-12-3-4-13(9-12)17(16)23;/h1-2,5-8,12-13,16-17H,3-4,9-10,23H2,(H,24,27);1H. The highest BCUT2D eigenvalue weighted by molar-refractivity contribution is 5.85. The zero-order valence-electron chi connectivity index (χ0n) is 15.0. The van der Waals surface area contributed by atoms with Crippen LogP contribution < -0.4 is 11.1 Å². The molecule has 2 saturated carbocycles. The first kappa shape index (κ1) is 20.7. The first-order chi connectivity index (χ1) is 12.8. The molecule has 2 aromatic rings. The van der Waals surface area contributed by atoms with Crippen LogP contribution in [0.1, 0.15) is 30.5 Å². The minimum atomic E-state index is -4.46. The SMILES string of the molecule is Cl.NC1C2CCC(C2)C1C(=O)NCc1ccc(-n2ccc(C(F)(F)F)n2)cc1. The zero-order valence-corrected chi connectivity index (χ0v) is 15.8. The van der Waals surface area contributed by atoms with Crippen LogP contribution in [0.5, 0.6) is 0 Å². The highest BCUT2D eigenvalue weighted by Gasteiger charge is 2.48. The lowest BCUT2D eigenvalue weighted by atomic mass is 9.84. The minimum Gasteiger partial charge on any atom is -0.352 e. The Balaban J connectivity index is 0.00000225. The fourth-order valence-corrected chi connectivity index (χ4v) is 4.42. The van der Waals surface area contributed by atoms with Crippen molar-refractivity contribution in [2.45, 2.75) is 38.0 Å². The van der Waals surface area contributed by atoms with E-state index in [0.29, 0.717) is 24.1 Å². The van der Waals surface area contributed by atoms with Crippen molar-refractivity contribution in [3.05, 3.63) is 47.8 Å². The van der Waals surface area contributed by atoms with E-state index in [4.69, 9.17) is 5.73 Å². The van der Waals surface area contributed by atoms with Crippen molar-refractivity contribution >= 4 is 18.3 Å². The number of nitrogens with zero attached hydrogens (tertiary/aromatic N) is 2. The maximum absolute atomic E-state index is 12.6. The third-order valence-electron chi connectivity index (χ3n) is 5.83. The van der Waals surface area contributed by atoms with Crippen molar-refractivity contribution in [1.29, 1.82) is 0 Å². The summed E-state index contributed by atoms with van der Waals surface area (Å²) in [5.74, 6) is 0.768. The van der Waals surface area contributed by atoms with Crippen molar-refractivity contribution in [3.63, 3.8) is 0 Å². The van der Waals surface area contributed by atoms with Gasteiger partial charge in [-0.2, -0.15) is 18.3 Å². The molecule has 5 nitrogen and oxygen atoms in total. The number of amides is 1. The molecule has 4 atom stereocenters. The number of rotatable bonds is 4. The van der Waals surface area contributed by atoms with E-state index in [-0.39, 0.29) is 30.3 Å². The molecule has 1 amide bonds. The second-order valence-corrected chi connectivity index (χ2v) is 7.46. The largest absolute Gasteiger partial charge is 0.435 e. The lowest BCUT2D eigenvalue weighted by molar-refractivity contribution is -0.141. The molecule has 1 aromatic heterocycles. The maximum Gasteiger partial charge on any atom is 0.435 e. The number of carbonyl (C=O) groups excluding carboxylic acids is 1. The second-order valence-electron chi connectivity index (χ2n) is 7.46. The third-order valence-corrected chi connectivity index (χ3v) is 5.83. The van der Waals surface area contributed by atoms with Crippen LogP contribution in [0.3, 0.4) is 0 Å². The summed E-state index contributed by atoms with van der Waals surface area (Å²) in [5.41, 5.74) is 6.66. The van der Waals surface area contributed by atoms with Gasteiger partial charge in [-0.15, -0.1) is 12.4 Å². The molecule has 4 rings (SSSR count).